The first-order valence-electron chi connectivity index (χ1n) is 7.08. The summed E-state index contributed by atoms with van der Waals surface area (Å²) in [6, 6.07) is 7.87. The van der Waals surface area contributed by atoms with Crippen molar-refractivity contribution in [3.8, 4) is 0 Å². The molecule has 0 radical (unpaired) electrons. The van der Waals surface area contributed by atoms with E-state index < -0.39 is 0 Å². The van der Waals surface area contributed by atoms with Gasteiger partial charge in [0.15, 0.2) is 0 Å². The van der Waals surface area contributed by atoms with Crippen LogP contribution < -0.4 is 4.90 Å². The number of hydrogen-bond acceptors (Lipinski definition) is 4. The maximum absolute atomic E-state index is 11.8. The zero-order valence-electron chi connectivity index (χ0n) is 11.6. The van der Waals surface area contributed by atoms with E-state index in [2.05, 4.69) is 15.9 Å². The van der Waals surface area contributed by atoms with E-state index in [-0.39, 0.29) is 18.1 Å². The number of nitrogens with zero attached hydrogens (tertiary/aromatic N) is 2. The summed E-state index contributed by atoms with van der Waals surface area (Å²) in [5.74, 6) is -0.0614. The first-order chi connectivity index (χ1) is 9.63. The van der Waals surface area contributed by atoms with Gasteiger partial charge in [-0.25, -0.2) is 0 Å². The van der Waals surface area contributed by atoms with Gasteiger partial charge in [-0.3, -0.25) is 9.69 Å². The molecule has 2 atom stereocenters. The minimum Gasteiger partial charge on any atom is -0.461 e. The second kappa shape index (κ2) is 5.62. The molecule has 0 aliphatic carbocycles. The first kappa shape index (κ1) is 13.7. The Labute approximate surface area is 124 Å². The second-order valence-corrected chi connectivity index (χ2v) is 5.94. The van der Waals surface area contributed by atoms with Gasteiger partial charge in [-0.2, -0.15) is 0 Å². The number of piperazine rings is 1. The topological polar surface area (TPSA) is 32.8 Å². The van der Waals surface area contributed by atoms with E-state index in [0.29, 0.717) is 0 Å². The lowest BCUT2D eigenvalue weighted by Gasteiger charge is -2.37. The van der Waals surface area contributed by atoms with Crippen LogP contribution in [0.3, 0.4) is 0 Å². The van der Waals surface area contributed by atoms with Crippen molar-refractivity contribution in [3.05, 3.63) is 29.3 Å². The Morgan fingerprint density at radius 2 is 2.00 bits per heavy atom. The fraction of sp³-hybridized carbons (Fsp3) is 0.533. The summed E-state index contributed by atoms with van der Waals surface area (Å²) in [6.07, 6.45) is 0.870. The minimum atomic E-state index is -0.0614. The standard InChI is InChI=1S/C15H19ClN2O2/c1-11-9-14(15(19)20-11)18-7-5-17(6-8-18)13-4-2-3-12(16)10-13/h2-4,10-11,14H,5-9H2,1H3/t11-,14-/m0/s1. The summed E-state index contributed by atoms with van der Waals surface area (Å²) in [4.78, 5) is 16.3. The minimum absolute atomic E-state index is 0.0495. The molecule has 0 spiro atoms. The van der Waals surface area contributed by atoms with Crippen molar-refractivity contribution in [1.82, 2.24) is 4.90 Å². The number of rotatable bonds is 2. The molecule has 1 aromatic carbocycles. The van der Waals surface area contributed by atoms with Gasteiger partial charge in [-0.15, -0.1) is 0 Å². The van der Waals surface area contributed by atoms with Crippen molar-refractivity contribution < 1.29 is 9.53 Å². The maximum Gasteiger partial charge on any atom is 0.323 e. The Kier molecular flexibility index (Phi) is 3.85. The summed E-state index contributed by atoms with van der Waals surface area (Å²) in [6.45, 7) is 5.56. The van der Waals surface area contributed by atoms with Crippen molar-refractivity contribution in [2.75, 3.05) is 31.1 Å². The fourth-order valence-electron chi connectivity index (χ4n) is 3.00. The van der Waals surface area contributed by atoms with Crippen LogP contribution >= 0.6 is 11.6 Å². The van der Waals surface area contributed by atoms with Gasteiger partial charge in [0.2, 0.25) is 0 Å². The number of esters is 1. The lowest BCUT2D eigenvalue weighted by molar-refractivity contribution is -0.144. The normalized spacial score (nSPS) is 27.7. The smallest absolute Gasteiger partial charge is 0.323 e. The van der Waals surface area contributed by atoms with E-state index in [0.717, 1.165) is 43.3 Å². The van der Waals surface area contributed by atoms with Crippen molar-refractivity contribution in [2.45, 2.75) is 25.5 Å². The molecular weight excluding hydrogens is 276 g/mol. The van der Waals surface area contributed by atoms with Crippen LogP contribution in [-0.4, -0.2) is 49.2 Å². The lowest BCUT2D eigenvalue weighted by Crippen LogP contribution is -2.51. The molecule has 108 valence electrons. The molecular formula is C15H19ClN2O2. The zero-order valence-corrected chi connectivity index (χ0v) is 12.3. The van der Waals surface area contributed by atoms with Gasteiger partial charge in [0.1, 0.15) is 12.1 Å². The van der Waals surface area contributed by atoms with Gasteiger partial charge in [-0.05, 0) is 25.1 Å². The Bertz CT molecular complexity index is 500. The molecule has 3 rings (SSSR count). The molecule has 2 heterocycles. The van der Waals surface area contributed by atoms with Crippen LogP contribution in [0, 0.1) is 0 Å². The zero-order chi connectivity index (χ0) is 14.1. The second-order valence-electron chi connectivity index (χ2n) is 5.50. The highest BCUT2D eigenvalue weighted by Crippen LogP contribution is 2.24. The van der Waals surface area contributed by atoms with Crippen molar-refractivity contribution in [3.63, 3.8) is 0 Å². The van der Waals surface area contributed by atoms with Crippen molar-refractivity contribution >= 4 is 23.3 Å². The number of hydrogen-bond donors (Lipinski definition) is 0. The van der Waals surface area contributed by atoms with Gasteiger partial charge in [-0.1, -0.05) is 17.7 Å². The molecule has 20 heavy (non-hydrogen) atoms. The number of carbonyl (C=O) groups is 1. The molecule has 0 amide bonds. The molecule has 1 aromatic rings. The van der Waals surface area contributed by atoms with Crippen LogP contribution in [0.5, 0.6) is 0 Å². The lowest BCUT2D eigenvalue weighted by atomic mass is 10.1. The van der Waals surface area contributed by atoms with Crippen molar-refractivity contribution in [2.24, 2.45) is 0 Å². The summed E-state index contributed by atoms with van der Waals surface area (Å²) in [7, 11) is 0. The summed E-state index contributed by atoms with van der Waals surface area (Å²) >= 11 is 6.03. The number of anilines is 1. The van der Waals surface area contributed by atoms with Gasteiger partial charge >= 0.3 is 5.97 Å². The van der Waals surface area contributed by atoms with E-state index in [4.69, 9.17) is 16.3 Å². The predicted octanol–water partition coefficient (Wildman–Crippen LogP) is 2.17. The van der Waals surface area contributed by atoms with Crippen LogP contribution in [-0.2, 0) is 9.53 Å². The molecule has 0 saturated carbocycles. The third kappa shape index (κ3) is 2.76. The Hall–Kier alpha value is -1.26. The van der Waals surface area contributed by atoms with E-state index in [1.807, 2.05) is 25.1 Å². The molecule has 5 heteroatoms. The molecule has 0 N–H and O–H groups in total. The van der Waals surface area contributed by atoms with Gasteiger partial charge in [0.25, 0.3) is 0 Å². The van der Waals surface area contributed by atoms with Gasteiger partial charge < -0.3 is 9.64 Å². The number of ether oxygens (including phenoxy) is 1. The molecule has 2 fully saturated rings. The highest BCUT2D eigenvalue weighted by Gasteiger charge is 2.37. The molecule has 0 aromatic heterocycles. The van der Waals surface area contributed by atoms with Crippen LogP contribution in [0.25, 0.3) is 0 Å². The highest BCUT2D eigenvalue weighted by atomic mass is 35.5. The third-order valence-corrected chi connectivity index (χ3v) is 4.31. The number of halogens is 1. The highest BCUT2D eigenvalue weighted by molar-refractivity contribution is 6.30. The fourth-order valence-corrected chi connectivity index (χ4v) is 3.18. The quantitative estimate of drug-likeness (QED) is 0.783. The molecule has 2 aliphatic heterocycles. The van der Waals surface area contributed by atoms with Crippen LogP contribution in [0.2, 0.25) is 5.02 Å². The Morgan fingerprint density at radius 1 is 1.25 bits per heavy atom. The average Bonchev–Trinajstić information content (AvgIpc) is 2.78. The molecule has 2 saturated heterocycles. The van der Waals surface area contributed by atoms with E-state index in [1.54, 1.807) is 0 Å². The first-order valence-corrected chi connectivity index (χ1v) is 7.46. The monoisotopic (exact) mass is 294 g/mol. The number of benzene rings is 1. The number of cyclic esters (lactones) is 1. The van der Waals surface area contributed by atoms with E-state index in [1.165, 1.54) is 0 Å². The predicted molar refractivity (Wildman–Crippen MR) is 79.2 cm³/mol. The molecule has 0 unspecified atom stereocenters. The maximum atomic E-state index is 11.8. The Balaban J connectivity index is 1.61. The van der Waals surface area contributed by atoms with E-state index >= 15 is 0 Å². The van der Waals surface area contributed by atoms with Gasteiger partial charge in [0.05, 0.1) is 0 Å². The SMILES string of the molecule is C[C@H]1C[C@H](N2CCN(c3cccc(Cl)c3)CC2)C(=O)O1. The Morgan fingerprint density at radius 3 is 2.60 bits per heavy atom. The summed E-state index contributed by atoms with van der Waals surface area (Å²) < 4.78 is 5.24. The third-order valence-electron chi connectivity index (χ3n) is 4.07. The summed E-state index contributed by atoms with van der Waals surface area (Å²) in [5, 5.41) is 0.762. The molecule has 2 aliphatic rings. The van der Waals surface area contributed by atoms with Crippen LogP contribution in [0.1, 0.15) is 13.3 Å². The number of carbonyl (C=O) groups excluding carboxylic acids is 1. The largest absolute Gasteiger partial charge is 0.461 e. The summed E-state index contributed by atoms with van der Waals surface area (Å²) in [5.41, 5.74) is 1.15. The molecule has 0 bridgehead atoms. The van der Waals surface area contributed by atoms with Crippen molar-refractivity contribution in [1.29, 1.82) is 0 Å². The van der Waals surface area contributed by atoms with E-state index in [9.17, 15) is 4.79 Å². The van der Waals surface area contributed by atoms with Crippen LogP contribution in [0.4, 0.5) is 5.69 Å². The average molecular weight is 295 g/mol. The van der Waals surface area contributed by atoms with Gasteiger partial charge in [0, 0.05) is 43.3 Å². The van der Waals surface area contributed by atoms with Crippen LogP contribution in [0.15, 0.2) is 24.3 Å². The molecule has 4 nitrogen and oxygen atoms in total.